The lowest BCUT2D eigenvalue weighted by atomic mass is 9.84. The Bertz CT molecular complexity index is 791. The molecule has 1 atom stereocenters. The molecule has 1 unspecified atom stereocenters. The van der Waals surface area contributed by atoms with Crippen LogP contribution in [0.4, 0.5) is 10.1 Å². The van der Waals surface area contributed by atoms with E-state index in [0.717, 1.165) is 4.90 Å². The fraction of sp³-hybridized carbons (Fsp3) is 0.438. The Morgan fingerprint density at radius 2 is 1.83 bits per heavy atom. The van der Waals surface area contributed by atoms with Crippen LogP contribution >= 0.6 is 0 Å². The molecule has 3 heterocycles. The van der Waals surface area contributed by atoms with Crippen LogP contribution in [0.25, 0.3) is 0 Å². The Kier molecular flexibility index (Phi) is 2.40. The van der Waals surface area contributed by atoms with Crippen molar-refractivity contribution in [2.45, 2.75) is 25.8 Å². The summed E-state index contributed by atoms with van der Waals surface area (Å²) in [5.41, 5.74) is -1.12. The number of likely N-dealkylation sites (tertiary alicyclic amines) is 1. The van der Waals surface area contributed by atoms with Gasteiger partial charge in [0, 0.05) is 12.6 Å². The van der Waals surface area contributed by atoms with Gasteiger partial charge in [0.05, 0.1) is 24.1 Å². The zero-order valence-corrected chi connectivity index (χ0v) is 13.1. The van der Waals surface area contributed by atoms with Crippen LogP contribution in [0.15, 0.2) is 18.2 Å². The highest BCUT2D eigenvalue weighted by Crippen LogP contribution is 2.55. The Morgan fingerprint density at radius 1 is 1.13 bits per heavy atom. The molecule has 3 amide bonds. The van der Waals surface area contributed by atoms with Gasteiger partial charge in [-0.05, 0) is 32.0 Å². The van der Waals surface area contributed by atoms with Gasteiger partial charge in [-0.3, -0.25) is 24.3 Å². The Morgan fingerprint density at radius 3 is 2.43 bits per heavy atom. The van der Waals surface area contributed by atoms with Gasteiger partial charge in [0.1, 0.15) is 5.82 Å². The lowest BCUT2D eigenvalue weighted by Crippen LogP contribution is -2.53. The van der Waals surface area contributed by atoms with Crippen molar-refractivity contribution >= 4 is 23.4 Å². The van der Waals surface area contributed by atoms with Crippen LogP contribution in [0.2, 0.25) is 0 Å². The van der Waals surface area contributed by atoms with Crippen molar-refractivity contribution in [1.82, 2.24) is 9.91 Å². The number of benzene rings is 1. The molecule has 4 rings (SSSR count). The van der Waals surface area contributed by atoms with Crippen molar-refractivity contribution in [3.63, 3.8) is 0 Å². The summed E-state index contributed by atoms with van der Waals surface area (Å²) in [5, 5.41) is 3.09. The monoisotopic (exact) mass is 317 g/mol. The second-order valence-electron chi connectivity index (χ2n) is 7.01. The summed E-state index contributed by atoms with van der Waals surface area (Å²) >= 11 is 0. The first-order valence-electron chi connectivity index (χ1n) is 7.43. The molecule has 3 aliphatic rings. The molecule has 1 spiro atoms. The van der Waals surface area contributed by atoms with Gasteiger partial charge in [-0.1, -0.05) is 0 Å². The molecule has 7 heteroatoms. The second-order valence-corrected chi connectivity index (χ2v) is 7.01. The van der Waals surface area contributed by atoms with Crippen LogP contribution in [-0.4, -0.2) is 41.2 Å². The third kappa shape index (κ3) is 1.45. The fourth-order valence-corrected chi connectivity index (χ4v) is 3.84. The summed E-state index contributed by atoms with van der Waals surface area (Å²) in [7, 11) is 1.40. The van der Waals surface area contributed by atoms with Crippen LogP contribution < -0.4 is 5.01 Å². The maximum absolute atomic E-state index is 13.8. The third-order valence-electron chi connectivity index (χ3n) is 5.04. The first-order chi connectivity index (χ1) is 10.7. The summed E-state index contributed by atoms with van der Waals surface area (Å²) < 4.78 is 13.8. The average molecular weight is 317 g/mol. The van der Waals surface area contributed by atoms with Gasteiger partial charge >= 0.3 is 0 Å². The van der Waals surface area contributed by atoms with Crippen molar-refractivity contribution < 1.29 is 18.8 Å². The Balaban J connectivity index is 2.01. The fourth-order valence-electron chi connectivity index (χ4n) is 3.84. The van der Waals surface area contributed by atoms with Crippen LogP contribution in [-0.2, 0) is 19.9 Å². The van der Waals surface area contributed by atoms with Crippen molar-refractivity contribution in [2.75, 3.05) is 18.6 Å². The van der Waals surface area contributed by atoms with Crippen LogP contribution in [0.1, 0.15) is 25.8 Å². The number of hydrogen-bond donors (Lipinski definition) is 0. The van der Waals surface area contributed by atoms with E-state index >= 15 is 0 Å². The van der Waals surface area contributed by atoms with Gasteiger partial charge in [0.25, 0.3) is 5.91 Å². The van der Waals surface area contributed by atoms with Gasteiger partial charge in [-0.25, -0.2) is 9.40 Å². The molecular formula is C16H16FN3O3. The highest BCUT2D eigenvalue weighted by molar-refractivity contribution is 6.12. The lowest BCUT2D eigenvalue weighted by molar-refractivity contribution is -0.149. The topological polar surface area (TPSA) is 60.9 Å². The predicted molar refractivity (Wildman–Crippen MR) is 78.4 cm³/mol. The highest BCUT2D eigenvalue weighted by atomic mass is 19.1. The molecule has 2 fully saturated rings. The SMILES string of the molecule is CN1C(=O)CC2(C1=O)c1cc(F)ccc1N1CC(C)(C)C(=O)N12. The first kappa shape index (κ1) is 14.2. The summed E-state index contributed by atoms with van der Waals surface area (Å²) in [6, 6.07) is 4.13. The molecule has 1 aromatic carbocycles. The number of rotatable bonds is 0. The molecule has 0 aromatic heterocycles. The number of nitrogens with zero attached hydrogens (tertiary/aromatic N) is 3. The van der Waals surface area contributed by atoms with E-state index in [2.05, 4.69) is 0 Å². The smallest absolute Gasteiger partial charge is 0.262 e. The molecular weight excluding hydrogens is 301 g/mol. The van der Waals surface area contributed by atoms with Crippen molar-refractivity contribution in [1.29, 1.82) is 0 Å². The molecule has 23 heavy (non-hydrogen) atoms. The van der Waals surface area contributed by atoms with Crippen molar-refractivity contribution in [3.05, 3.63) is 29.6 Å². The predicted octanol–water partition coefficient (Wildman–Crippen LogP) is 1.01. The molecule has 120 valence electrons. The Hall–Kier alpha value is -2.44. The van der Waals surface area contributed by atoms with Crippen LogP contribution in [0.5, 0.6) is 0 Å². The minimum absolute atomic E-state index is 0.156. The Labute approximate surface area is 132 Å². The largest absolute Gasteiger partial charge is 0.283 e. The number of imide groups is 1. The zero-order valence-electron chi connectivity index (χ0n) is 13.1. The molecule has 0 N–H and O–H groups in total. The number of hydrogen-bond acceptors (Lipinski definition) is 4. The number of amides is 3. The highest BCUT2D eigenvalue weighted by Gasteiger charge is 2.67. The van der Waals surface area contributed by atoms with E-state index in [-0.39, 0.29) is 18.2 Å². The molecule has 0 aliphatic carbocycles. The summed E-state index contributed by atoms with van der Waals surface area (Å²) in [5.74, 6) is -1.58. The maximum Gasteiger partial charge on any atom is 0.262 e. The standard InChI is InChI=1S/C16H16FN3O3/c1-15(2)8-19-11-5-4-9(17)6-10(11)16(20(19)13(15)22)7-12(21)18(3)14(16)23/h4-6H,7-8H2,1-3H3. The minimum atomic E-state index is -1.45. The number of fused-ring (bicyclic) bond motifs is 5. The van der Waals surface area contributed by atoms with Gasteiger partial charge in [-0.15, -0.1) is 0 Å². The van der Waals surface area contributed by atoms with Crippen LogP contribution in [0, 0.1) is 11.2 Å². The number of halogens is 1. The zero-order chi connectivity index (χ0) is 16.7. The van der Waals surface area contributed by atoms with Gasteiger partial charge in [0.15, 0.2) is 5.54 Å². The van der Waals surface area contributed by atoms with Crippen molar-refractivity contribution in [3.8, 4) is 0 Å². The lowest BCUT2D eigenvalue weighted by Gasteiger charge is -2.33. The third-order valence-corrected chi connectivity index (χ3v) is 5.04. The van der Waals surface area contributed by atoms with E-state index in [1.165, 1.54) is 24.2 Å². The summed E-state index contributed by atoms with van der Waals surface area (Å²) in [6.45, 7) is 3.99. The number of hydrazine groups is 1. The van der Waals surface area contributed by atoms with E-state index in [4.69, 9.17) is 0 Å². The molecule has 0 radical (unpaired) electrons. The average Bonchev–Trinajstić information content (AvgIpc) is 2.96. The van der Waals surface area contributed by atoms with Gasteiger partial charge < -0.3 is 0 Å². The van der Waals surface area contributed by atoms with Crippen molar-refractivity contribution in [2.24, 2.45) is 5.41 Å². The van der Waals surface area contributed by atoms with E-state index in [1.807, 2.05) is 0 Å². The second kappa shape index (κ2) is 3.90. The molecule has 1 aromatic rings. The number of carbonyl (C=O) groups excluding carboxylic acids is 3. The minimum Gasteiger partial charge on any atom is -0.283 e. The number of anilines is 1. The van der Waals surface area contributed by atoms with E-state index in [9.17, 15) is 18.8 Å². The molecule has 6 nitrogen and oxygen atoms in total. The molecule has 3 aliphatic heterocycles. The van der Waals surface area contributed by atoms with Gasteiger partial charge in [-0.2, -0.15) is 0 Å². The quantitative estimate of drug-likeness (QED) is 0.670. The van der Waals surface area contributed by atoms with E-state index in [1.54, 1.807) is 24.9 Å². The maximum atomic E-state index is 13.8. The molecule has 0 bridgehead atoms. The van der Waals surface area contributed by atoms with E-state index < -0.39 is 22.7 Å². The summed E-state index contributed by atoms with van der Waals surface area (Å²) in [6.07, 6.45) is -0.156. The normalized spacial score (nSPS) is 28.2. The molecule has 0 saturated carbocycles. The van der Waals surface area contributed by atoms with Gasteiger partial charge in [0.2, 0.25) is 11.8 Å². The number of carbonyl (C=O) groups is 3. The first-order valence-corrected chi connectivity index (χ1v) is 7.43. The number of likely N-dealkylation sites (N-methyl/N-ethyl adjacent to an activating group) is 1. The molecule has 2 saturated heterocycles. The summed E-state index contributed by atoms with van der Waals surface area (Å²) in [4.78, 5) is 38.9. The van der Waals surface area contributed by atoms with Crippen LogP contribution in [0.3, 0.4) is 0 Å². The van der Waals surface area contributed by atoms with E-state index in [0.29, 0.717) is 17.8 Å².